The lowest BCUT2D eigenvalue weighted by atomic mass is 9.87. The molecule has 0 bridgehead atoms. The molecule has 19 heavy (non-hydrogen) atoms. The fourth-order valence-electron chi connectivity index (χ4n) is 2.69. The van der Waals surface area contributed by atoms with Crippen molar-refractivity contribution in [2.24, 2.45) is 5.92 Å². The van der Waals surface area contributed by atoms with Gasteiger partial charge in [-0.15, -0.1) is 11.8 Å². The van der Waals surface area contributed by atoms with Crippen LogP contribution >= 0.6 is 11.8 Å². The van der Waals surface area contributed by atoms with E-state index in [0.29, 0.717) is 5.25 Å². The molecule has 1 saturated carbocycles. The highest BCUT2D eigenvalue weighted by Crippen LogP contribution is 2.37. The third-order valence-corrected chi connectivity index (χ3v) is 5.11. The summed E-state index contributed by atoms with van der Waals surface area (Å²) in [5, 5.41) is 11.3. The SMILES string of the molecule is CC(Sc1ccc([N+](=O)[O-])c(N)c1)C1CCCCC1. The van der Waals surface area contributed by atoms with Crippen LogP contribution < -0.4 is 5.73 Å². The number of nitrogen functional groups attached to an aromatic ring is 1. The van der Waals surface area contributed by atoms with Crippen molar-refractivity contribution < 1.29 is 4.92 Å². The molecule has 2 rings (SSSR count). The van der Waals surface area contributed by atoms with Gasteiger partial charge in [0.25, 0.3) is 5.69 Å². The van der Waals surface area contributed by atoms with Gasteiger partial charge in [-0.3, -0.25) is 10.1 Å². The number of benzene rings is 1. The summed E-state index contributed by atoms with van der Waals surface area (Å²) < 4.78 is 0. The number of hydrogen-bond donors (Lipinski definition) is 1. The molecular formula is C14H20N2O2S. The fourth-order valence-corrected chi connectivity index (χ4v) is 3.92. The lowest BCUT2D eigenvalue weighted by Gasteiger charge is -2.27. The van der Waals surface area contributed by atoms with Gasteiger partial charge in [0.2, 0.25) is 0 Å². The summed E-state index contributed by atoms with van der Waals surface area (Å²) in [5.41, 5.74) is 5.97. The van der Waals surface area contributed by atoms with E-state index in [9.17, 15) is 10.1 Å². The highest BCUT2D eigenvalue weighted by atomic mass is 32.2. The molecule has 0 saturated heterocycles. The zero-order chi connectivity index (χ0) is 13.8. The predicted molar refractivity (Wildman–Crippen MR) is 79.4 cm³/mol. The van der Waals surface area contributed by atoms with E-state index in [2.05, 4.69) is 6.92 Å². The van der Waals surface area contributed by atoms with Crippen molar-refractivity contribution in [3.8, 4) is 0 Å². The number of anilines is 1. The molecule has 0 aromatic heterocycles. The largest absolute Gasteiger partial charge is 0.393 e. The number of nitrogens with zero attached hydrogens (tertiary/aromatic N) is 1. The Labute approximate surface area is 117 Å². The Kier molecular flexibility index (Phi) is 4.69. The first-order valence-corrected chi connectivity index (χ1v) is 7.66. The van der Waals surface area contributed by atoms with Crippen LogP contribution in [-0.4, -0.2) is 10.2 Å². The second-order valence-electron chi connectivity index (χ2n) is 5.20. The first-order valence-electron chi connectivity index (χ1n) is 6.78. The third kappa shape index (κ3) is 3.62. The number of nitrogens with two attached hydrogens (primary N) is 1. The van der Waals surface area contributed by atoms with Crippen LogP contribution in [0.3, 0.4) is 0 Å². The quantitative estimate of drug-likeness (QED) is 0.387. The Bertz CT molecular complexity index is 459. The Morgan fingerprint density at radius 1 is 1.37 bits per heavy atom. The Balaban J connectivity index is 2.02. The standard InChI is InChI=1S/C14H20N2O2S/c1-10(11-5-3-2-4-6-11)19-12-7-8-14(16(17)18)13(15)9-12/h7-11H,2-6,15H2,1H3. The van der Waals surface area contributed by atoms with Gasteiger partial charge in [-0.1, -0.05) is 26.2 Å². The molecule has 2 N–H and O–H groups in total. The molecule has 1 aliphatic rings. The van der Waals surface area contributed by atoms with Gasteiger partial charge in [0.15, 0.2) is 0 Å². The van der Waals surface area contributed by atoms with Crippen LogP contribution in [0.5, 0.6) is 0 Å². The Hall–Kier alpha value is -1.23. The van der Waals surface area contributed by atoms with Crippen LogP contribution in [0.25, 0.3) is 0 Å². The zero-order valence-corrected chi connectivity index (χ0v) is 12.0. The normalized spacial score (nSPS) is 18.2. The molecular weight excluding hydrogens is 260 g/mol. The zero-order valence-electron chi connectivity index (χ0n) is 11.2. The van der Waals surface area contributed by atoms with Gasteiger partial charge in [-0.05, 0) is 30.9 Å². The van der Waals surface area contributed by atoms with E-state index in [1.54, 1.807) is 23.9 Å². The van der Waals surface area contributed by atoms with E-state index in [4.69, 9.17) is 5.73 Å². The van der Waals surface area contributed by atoms with Crippen molar-refractivity contribution in [3.05, 3.63) is 28.3 Å². The monoisotopic (exact) mass is 280 g/mol. The fraction of sp³-hybridized carbons (Fsp3) is 0.571. The minimum atomic E-state index is -0.436. The predicted octanol–water partition coefficient (Wildman–Crippen LogP) is 4.24. The van der Waals surface area contributed by atoms with Crippen molar-refractivity contribution >= 4 is 23.1 Å². The van der Waals surface area contributed by atoms with E-state index in [0.717, 1.165) is 10.8 Å². The maximum Gasteiger partial charge on any atom is 0.292 e. The molecule has 104 valence electrons. The van der Waals surface area contributed by atoms with E-state index >= 15 is 0 Å². The highest BCUT2D eigenvalue weighted by molar-refractivity contribution is 8.00. The van der Waals surface area contributed by atoms with Crippen LogP contribution in [-0.2, 0) is 0 Å². The topological polar surface area (TPSA) is 69.2 Å². The van der Waals surface area contributed by atoms with Crippen molar-refractivity contribution in [2.45, 2.75) is 49.2 Å². The number of nitro benzene ring substituents is 1. The molecule has 1 fully saturated rings. The van der Waals surface area contributed by atoms with Gasteiger partial charge < -0.3 is 5.73 Å². The van der Waals surface area contributed by atoms with E-state index in [1.807, 2.05) is 0 Å². The Morgan fingerprint density at radius 3 is 2.63 bits per heavy atom. The maximum atomic E-state index is 10.7. The van der Waals surface area contributed by atoms with Crippen molar-refractivity contribution in [3.63, 3.8) is 0 Å². The van der Waals surface area contributed by atoms with E-state index in [1.165, 1.54) is 38.2 Å². The van der Waals surface area contributed by atoms with Gasteiger partial charge in [0.05, 0.1) is 4.92 Å². The minimum Gasteiger partial charge on any atom is -0.393 e. The summed E-state index contributed by atoms with van der Waals surface area (Å²) in [6.07, 6.45) is 6.63. The molecule has 0 aliphatic heterocycles. The molecule has 1 aliphatic carbocycles. The van der Waals surface area contributed by atoms with Crippen molar-refractivity contribution in [2.75, 3.05) is 5.73 Å². The van der Waals surface area contributed by atoms with E-state index in [-0.39, 0.29) is 11.4 Å². The lowest BCUT2D eigenvalue weighted by molar-refractivity contribution is -0.383. The first-order chi connectivity index (χ1) is 9.08. The average Bonchev–Trinajstić information content (AvgIpc) is 2.39. The van der Waals surface area contributed by atoms with Gasteiger partial charge in [-0.2, -0.15) is 0 Å². The number of thioether (sulfide) groups is 1. The smallest absolute Gasteiger partial charge is 0.292 e. The molecule has 0 heterocycles. The third-order valence-electron chi connectivity index (χ3n) is 3.83. The number of hydrogen-bond acceptors (Lipinski definition) is 4. The van der Waals surface area contributed by atoms with Crippen LogP contribution in [0.15, 0.2) is 23.1 Å². The molecule has 1 atom stereocenters. The van der Waals surface area contributed by atoms with Crippen LogP contribution in [0.4, 0.5) is 11.4 Å². The van der Waals surface area contributed by atoms with E-state index < -0.39 is 4.92 Å². The van der Waals surface area contributed by atoms with Gasteiger partial charge >= 0.3 is 0 Å². The summed E-state index contributed by atoms with van der Waals surface area (Å²) in [7, 11) is 0. The molecule has 5 heteroatoms. The molecule has 1 aromatic rings. The number of rotatable bonds is 4. The molecule has 0 radical (unpaired) electrons. The van der Waals surface area contributed by atoms with Crippen molar-refractivity contribution in [1.29, 1.82) is 0 Å². The second kappa shape index (κ2) is 6.28. The summed E-state index contributed by atoms with van der Waals surface area (Å²) in [6, 6.07) is 5.03. The second-order valence-corrected chi connectivity index (χ2v) is 6.65. The maximum absolute atomic E-state index is 10.7. The van der Waals surface area contributed by atoms with Gasteiger partial charge in [-0.25, -0.2) is 0 Å². The summed E-state index contributed by atoms with van der Waals surface area (Å²) >= 11 is 1.78. The minimum absolute atomic E-state index is 0.00494. The number of nitro groups is 1. The van der Waals surface area contributed by atoms with Crippen LogP contribution in [0, 0.1) is 16.0 Å². The molecule has 0 amide bonds. The molecule has 1 unspecified atom stereocenters. The molecule has 4 nitrogen and oxygen atoms in total. The lowest BCUT2D eigenvalue weighted by Crippen LogP contribution is -2.17. The summed E-state index contributed by atoms with van der Waals surface area (Å²) in [4.78, 5) is 11.3. The summed E-state index contributed by atoms with van der Waals surface area (Å²) in [5.74, 6) is 0.759. The molecule has 0 spiro atoms. The highest BCUT2D eigenvalue weighted by Gasteiger charge is 2.21. The van der Waals surface area contributed by atoms with Crippen LogP contribution in [0.2, 0.25) is 0 Å². The summed E-state index contributed by atoms with van der Waals surface area (Å²) in [6.45, 7) is 2.25. The first kappa shape index (κ1) is 14.2. The van der Waals surface area contributed by atoms with Gasteiger partial charge in [0.1, 0.15) is 5.69 Å². The van der Waals surface area contributed by atoms with Gasteiger partial charge in [0, 0.05) is 16.2 Å². The average molecular weight is 280 g/mol. The van der Waals surface area contributed by atoms with Crippen LogP contribution in [0.1, 0.15) is 39.0 Å². The Morgan fingerprint density at radius 2 is 2.05 bits per heavy atom. The molecule has 1 aromatic carbocycles. The van der Waals surface area contributed by atoms with Crippen molar-refractivity contribution in [1.82, 2.24) is 0 Å².